The van der Waals surface area contributed by atoms with Gasteiger partial charge in [-0.3, -0.25) is 5.32 Å². The number of alkyl halides is 3. The average molecular weight is 265 g/mol. The molecule has 0 fully saturated rings. The van der Waals surface area contributed by atoms with Gasteiger partial charge in [-0.15, -0.1) is 13.2 Å². The summed E-state index contributed by atoms with van der Waals surface area (Å²) in [5, 5.41) is 5.37. The Labute approximate surface area is 102 Å². The Morgan fingerprint density at radius 1 is 1.39 bits per heavy atom. The Morgan fingerprint density at radius 2 is 1.94 bits per heavy atom. The Balaban J connectivity index is 2.82. The minimum atomic E-state index is -4.61. The van der Waals surface area contributed by atoms with Crippen LogP contribution in [0.3, 0.4) is 0 Å². The molecule has 18 heavy (non-hydrogen) atoms. The van der Waals surface area contributed by atoms with Gasteiger partial charge in [0, 0.05) is 0 Å². The Hall–Kier alpha value is -1.73. The first-order valence-electron chi connectivity index (χ1n) is 5.12. The number of aromatic nitrogens is 2. The van der Waals surface area contributed by atoms with Gasteiger partial charge in [0.05, 0.1) is 17.6 Å². The lowest BCUT2D eigenvalue weighted by Crippen LogP contribution is -2.27. The quantitative estimate of drug-likeness (QED) is 0.849. The predicted molar refractivity (Wildman–Crippen MR) is 58.1 cm³/mol. The highest BCUT2D eigenvalue weighted by molar-refractivity contribution is 5.85. The molecule has 1 rings (SSSR count). The standard InChI is InChI=1S/C10H14F3N3O2/c1-6-7(5-14-16(6)10(11,12)13)15-8(17)18-9(2,3)4/h5H,1-4H3,(H,15,17). The third kappa shape index (κ3) is 3.64. The molecule has 1 amide bonds. The number of nitrogens with one attached hydrogen (secondary N) is 1. The number of carbonyl (C=O) groups is 1. The molecule has 8 heteroatoms. The third-order valence-electron chi connectivity index (χ3n) is 1.89. The van der Waals surface area contributed by atoms with Crippen molar-refractivity contribution in [1.82, 2.24) is 9.78 Å². The van der Waals surface area contributed by atoms with Crippen LogP contribution in [0.2, 0.25) is 0 Å². The molecular formula is C10H14F3N3O2. The second-order valence-electron chi connectivity index (χ2n) is 4.65. The average Bonchev–Trinajstić information content (AvgIpc) is 2.43. The Bertz CT molecular complexity index is 446. The molecule has 1 heterocycles. The zero-order valence-electron chi connectivity index (χ0n) is 10.4. The van der Waals surface area contributed by atoms with Crippen LogP contribution in [0.15, 0.2) is 6.20 Å². The van der Waals surface area contributed by atoms with Crippen LogP contribution in [0.5, 0.6) is 0 Å². The SMILES string of the molecule is Cc1c(NC(=O)OC(C)(C)C)cnn1C(F)(F)F. The van der Waals surface area contributed by atoms with E-state index in [1.54, 1.807) is 20.8 Å². The molecule has 102 valence electrons. The molecule has 0 aromatic carbocycles. The molecule has 0 atom stereocenters. The lowest BCUT2D eigenvalue weighted by atomic mass is 10.2. The molecule has 0 saturated carbocycles. The van der Waals surface area contributed by atoms with Crippen molar-refractivity contribution in [3.05, 3.63) is 11.9 Å². The third-order valence-corrected chi connectivity index (χ3v) is 1.89. The van der Waals surface area contributed by atoms with E-state index in [0.29, 0.717) is 0 Å². The first kappa shape index (κ1) is 14.3. The van der Waals surface area contributed by atoms with Crippen LogP contribution < -0.4 is 5.32 Å². The fourth-order valence-electron chi connectivity index (χ4n) is 1.20. The lowest BCUT2D eigenvalue weighted by Gasteiger charge is -2.19. The molecule has 5 nitrogen and oxygen atoms in total. The van der Waals surface area contributed by atoms with Gasteiger partial charge >= 0.3 is 12.4 Å². The number of rotatable bonds is 1. The highest BCUT2D eigenvalue weighted by atomic mass is 19.4. The van der Waals surface area contributed by atoms with Crippen LogP contribution in [-0.2, 0) is 11.0 Å². The number of hydrogen-bond donors (Lipinski definition) is 1. The molecule has 0 aliphatic heterocycles. The van der Waals surface area contributed by atoms with Crippen molar-refractivity contribution >= 4 is 11.8 Å². The molecule has 0 bridgehead atoms. The molecule has 0 aliphatic carbocycles. The summed E-state index contributed by atoms with van der Waals surface area (Å²) in [5.41, 5.74) is -0.979. The van der Waals surface area contributed by atoms with Crippen LogP contribution in [-0.4, -0.2) is 21.5 Å². The highest BCUT2D eigenvalue weighted by Gasteiger charge is 2.34. The summed E-state index contributed by atoms with van der Waals surface area (Å²) in [6.07, 6.45) is -4.52. The lowest BCUT2D eigenvalue weighted by molar-refractivity contribution is -0.213. The van der Waals surface area contributed by atoms with Crippen LogP contribution in [0, 0.1) is 6.92 Å². The molecule has 1 aromatic heterocycles. The molecule has 0 saturated heterocycles. The van der Waals surface area contributed by atoms with E-state index >= 15 is 0 Å². The molecule has 0 aliphatic rings. The van der Waals surface area contributed by atoms with Gasteiger partial charge in [0.2, 0.25) is 0 Å². The molecule has 1 N–H and O–H groups in total. The number of ether oxygens (including phenoxy) is 1. The maximum Gasteiger partial charge on any atom is 0.504 e. The molecule has 0 spiro atoms. The summed E-state index contributed by atoms with van der Waals surface area (Å²) in [7, 11) is 0. The summed E-state index contributed by atoms with van der Waals surface area (Å²) in [6, 6.07) is 0. The van der Waals surface area contributed by atoms with E-state index in [4.69, 9.17) is 4.74 Å². The largest absolute Gasteiger partial charge is 0.504 e. The molecular weight excluding hydrogens is 251 g/mol. The van der Waals surface area contributed by atoms with Gasteiger partial charge in [0.25, 0.3) is 0 Å². The maximum atomic E-state index is 12.4. The number of hydrogen-bond acceptors (Lipinski definition) is 3. The monoisotopic (exact) mass is 265 g/mol. The van der Waals surface area contributed by atoms with Crippen molar-refractivity contribution in [2.24, 2.45) is 0 Å². The summed E-state index contributed by atoms with van der Waals surface area (Å²) < 4.78 is 42.1. The highest BCUT2D eigenvalue weighted by Crippen LogP contribution is 2.26. The van der Waals surface area contributed by atoms with Gasteiger partial charge in [-0.25, -0.2) is 4.79 Å². The summed E-state index contributed by atoms with van der Waals surface area (Å²) in [4.78, 5) is 11.4. The van der Waals surface area contributed by atoms with Gasteiger partial charge in [-0.1, -0.05) is 0 Å². The van der Waals surface area contributed by atoms with Crippen molar-refractivity contribution < 1.29 is 22.7 Å². The van der Waals surface area contributed by atoms with Crippen molar-refractivity contribution in [1.29, 1.82) is 0 Å². The second kappa shape index (κ2) is 4.51. The first-order valence-corrected chi connectivity index (χ1v) is 5.12. The predicted octanol–water partition coefficient (Wildman–Crippen LogP) is 3.01. The van der Waals surface area contributed by atoms with Crippen molar-refractivity contribution in [2.45, 2.75) is 39.6 Å². The van der Waals surface area contributed by atoms with Crippen LogP contribution >= 0.6 is 0 Å². The van der Waals surface area contributed by atoms with Gasteiger partial charge in [0.15, 0.2) is 0 Å². The summed E-state index contributed by atoms with van der Waals surface area (Å²) >= 11 is 0. The number of carbonyl (C=O) groups excluding carboxylic acids is 1. The topological polar surface area (TPSA) is 56.1 Å². The second-order valence-corrected chi connectivity index (χ2v) is 4.65. The summed E-state index contributed by atoms with van der Waals surface area (Å²) in [5.74, 6) is 0. The zero-order valence-corrected chi connectivity index (χ0v) is 10.4. The maximum absolute atomic E-state index is 12.4. The van der Waals surface area contributed by atoms with E-state index in [0.717, 1.165) is 6.20 Å². The summed E-state index contributed by atoms with van der Waals surface area (Å²) in [6.45, 7) is 6.16. The van der Waals surface area contributed by atoms with E-state index in [1.165, 1.54) is 6.92 Å². The van der Waals surface area contributed by atoms with Crippen LogP contribution in [0.4, 0.5) is 23.7 Å². The van der Waals surface area contributed by atoms with E-state index in [1.807, 2.05) is 0 Å². The van der Waals surface area contributed by atoms with Crippen molar-refractivity contribution in [3.63, 3.8) is 0 Å². The van der Waals surface area contributed by atoms with E-state index in [9.17, 15) is 18.0 Å². The van der Waals surface area contributed by atoms with Crippen molar-refractivity contribution in [2.75, 3.05) is 5.32 Å². The van der Waals surface area contributed by atoms with Gasteiger partial charge in [0.1, 0.15) is 5.60 Å². The number of nitrogens with zero attached hydrogens (tertiary/aromatic N) is 2. The Kier molecular flexibility index (Phi) is 3.59. The van der Waals surface area contributed by atoms with E-state index < -0.39 is 18.0 Å². The fraction of sp³-hybridized carbons (Fsp3) is 0.600. The minimum Gasteiger partial charge on any atom is -0.444 e. The molecule has 0 unspecified atom stereocenters. The molecule has 1 aromatic rings. The van der Waals surface area contributed by atoms with Gasteiger partial charge in [-0.2, -0.15) is 9.78 Å². The first-order chi connectivity index (χ1) is 8.00. The zero-order chi connectivity index (χ0) is 14.1. The number of anilines is 1. The smallest absolute Gasteiger partial charge is 0.444 e. The van der Waals surface area contributed by atoms with Gasteiger partial charge < -0.3 is 4.74 Å². The number of amides is 1. The Morgan fingerprint density at radius 3 is 2.33 bits per heavy atom. The normalized spacial score (nSPS) is 12.4. The van der Waals surface area contributed by atoms with E-state index in [-0.39, 0.29) is 16.1 Å². The van der Waals surface area contributed by atoms with Gasteiger partial charge in [-0.05, 0) is 27.7 Å². The number of halogens is 3. The fourth-order valence-corrected chi connectivity index (χ4v) is 1.20. The van der Waals surface area contributed by atoms with E-state index in [2.05, 4.69) is 10.4 Å². The minimum absolute atomic E-state index is 0.0402. The van der Waals surface area contributed by atoms with Crippen molar-refractivity contribution in [3.8, 4) is 0 Å². The van der Waals surface area contributed by atoms with Crippen LogP contribution in [0.1, 0.15) is 26.5 Å². The van der Waals surface area contributed by atoms with Crippen LogP contribution in [0.25, 0.3) is 0 Å². The molecule has 0 radical (unpaired) electrons.